The highest BCUT2D eigenvalue weighted by atomic mass is 35.5. The summed E-state index contributed by atoms with van der Waals surface area (Å²) >= 11 is 5.79. The molecule has 0 heterocycles. The number of halogens is 1. The summed E-state index contributed by atoms with van der Waals surface area (Å²) < 4.78 is 5.55. The molecule has 0 atom stereocenters. The smallest absolute Gasteiger partial charge is 0.241 e. The average molecular weight is 328 g/mol. The summed E-state index contributed by atoms with van der Waals surface area (Å²) in [7, 11) is 5.11. The summed E-state index contributed by atoms with van der Waals surface area (Å²) in [6.45, 7) is 1.28. The minimum atomic E-state index is -0.191. The molecule has 0 saturated carbocycles. The van der Waals surface area contributed by atoms with Gasteiger partial charge in [-0.05, 0) is 31.3 Å². The van der Waals surface area contributed by atoms with Crippen molar-refractivity contribution in [3.63, 3.8) is 0 Å². The lowest BCUT2D eigenvalue weighted by molar-refractivity contribution is -0.131. The second-order valence-electron chi connectivity index (χ2n) is 5.11. The summed E-state index contributed by atoms with van der Waals surface area (Å²) in [5, 5.41) is 3.24. The normalized spacial score (nSPS) is 10.4. The number of benzene rings is 1. The molecule has 0 saturated heterocycles. The highest BCUT2D eigenvalue weighted by molar-refractivity contribution is 6.30. The fourth-order valence-electron chi connectivity index (χ4n) is 1.56. The first-order valence-corrected chi connectivity index (χ1v) is 7.30. The van der Waals surface area contributed by atoms with Crippen LogP contribution in [0.2, 0.25) is 5.02 Å². The van der Waals surface area contributed by atoms with E-state index < -0.39 is 0 Å². The van der Waals surface area contributed by atoms with Crippen molar-refractivity contribution in [1.82, 2.24) is 15.1 Å². The number of hydrogen-bond donors (Lipinski definition) is 1. The van der Waals surface area contributed by atoms with Crippen LogP contribution in [0.4, 0.5) is 0 Å². The Balaban J connectivity index is 2.19. The number of hydrogen-bond acceptors (Lipinski definition) is 4. The molecule has 0 bridgehead atoms. The van der Waals surface area contributed by atoms with Crippen LogP contribution in [0.5, 0.6) is 5.75 Å². The van der Waals surface area contributed by atoms with Crippen LogP contribution in [-0.4, -0.2) is 69.0 Å². The van der Waals surface area contributed by atoms with Gasteiger partial charge in [0.2, 0.25) is 11.8 Å². The standard InChI is InChI=1S/C15H22ClN3O3/c1-18(2)15(21)10-17-14(20)11-19(3)8-9-22-13-6-4-12(16)5-7-13/h4-7H,8-11H2,1-3H3,(H,17,20). The molecule has 7 heteroatoms. The topological polar surface area (TPSA) is 61.9 Å². The number of carbonyl (C=O) groups excluding carboxylic acids is 2. The largest absolute Gasteiger partial charge is 0.492 e. The van der Waals surface area contributed by atoms with E-state index in [0.29, 0.717) is 18.2 Å². The maximum absolute atomic E-state index is 11.7. The Hall–Kier alpha value is -1.79. The summed E-state index contributed by atoms with van der Waals surface area (Å²) in [6, 6.07) is 7.11. The minimum Gasteiger partial charge on any atom is -0.492 e. The van der Waals surface area contributed by atoms with Crippen LogP contribution < -0.4 is 10.1 Å². The zero-order valence-electron chi connectivity index (χ0n) is 13.1. The van der Waals surface area contributed by atoms with Crippen molar-refractivity contribution >= 4 is 23.4 Å². The molecule has 1 rings (SSSR count). The van der Waals surface area contributed by atoms with Gasteiger partial charge in [-0.1, -0.05) is 11.6 Å². The van der Waals surface area contributed by atoms with E-state index in [9.17, 15) is 9.59 Å². The number of likely N-dealkylation sites (N-methyl/N-ethyl adjacent to an activating group) is 2. The first-order chi connectivity index (χ1) is 10.4. The van der Waals surface area contributed by atoms with Crippen LogP contribution in [0.1, 0.15) is 0 Å². The number of amides is 2. The minimum absolute atomic E-state index is 0.0148. The van der Waals surface area contributed by atoms with E-state index in [2.05, 4.69) is 5.32 Å². The number of nitrogens with zero attached hydrogens (tertiary/aromatic N) is 2. The van der Waals surface area contributed by atoms with Gasteiger partial charge in [0.05, 0.1) is 13.1 Å². The zero-order valence-corrected chi connectivity index (χ0v) is 13.9. The molecule has 22 heavy (non-hydrogen) atoms. The van der Waals surface area contributed by atoms with Gasteiger partial charge >= 0.3 is 0 Å². The molecule has 0 radical (unpaired) electrons. The van der Waals surface area contributed by atoms with E-state index in [1.807, 2.05) is 11.9 Å². The lowest BCUT2D eigenvalue weighted by Crippen LogP contribution is -2.41. The van der Waals surface area contributed by atoms with Crippen molar-refractivity contribution in [2.24, 2.45) is 0 Å². The van der Waals surface area contributed by atoms with Crippen molar-refractivity contribution in [3.05, 3.63) is 29.3 Å². The van der Waals surface area contributed by atoms with Crippen LogP contribution in [0.15, 0.2) is 24.3 Å². The van der Waals surface area contributed by atoms with E-state index in [-0.39, 0.29) is 24.9 Å². The highest BCUT2D eigenvalue weighted by Gasteiger charge is 2.09. The first kappa shape index (κ1) is 18.3. The molecule has 0 unspecified atom stereocenters. The van der Waals surface area contributed by atoms with E-state index in [1.165, 1.54) is 4.90 Å². The Bertz CT molecular complexity index is 491. The van der Waals surface area contributed by atoms with Crippen LogP contribution in [0.3, 0.4) is 0 Å². The molecule has 122 valence electrons. The molecule has 6 nitrogen and oxygen atoms in total. The number of rotatable bonds is 8. The van der Waals surface area contributed by atoms with E-state index in [4.69, 9.17) is 16.3 Å². The predicted molar refractivity (Wildman–Crippen MR) is 86.1 cm³/mol. The van der Waals surface area contributed by atoms with Gasteiger partial charge < -0.3 is 15.0 Å². The van der Waals surface area contributed by atoms with Gasteiger partial charge in [-0.3, -0.25) is 14.5 Å². The van der Waals surface area contributed by atoms with Crippen LogP contribution in [0, 0.1) is 0 Å². The van der Waals surface area contributed by atoms with E-state index in [0.717, 1.165) is 5.75 Å². The molecule has 0 fully saturated rings. The lowest BCUT2D eigenvalue weighted by atomic mass is 10.3. The van der Waals surface area contributed by atoms with Gasteiger partial charge in [0.15, 0.2) is 0 Å². The Kier molecular flexibility index (Phi) is 7.70. The third-order valence-electron chi connectivity index (χ3n) is 2.90. The third kappa shape index (κ3) is 7.28. The number of ether oxygens (including phenoxy) is 1. The third-order valence-corrected chi connectivity index (χ3v) is 3.16. The molecule has 0 aliphatic heterocycles. The van der Waals surface area contributed by atoms with Gasteiger partial charge in [-0.2, -0.15) is 0 Å². The average Bonchev–Trinajstić information content (AvgIpc) is 2.46. The molecular weight excluding hydrogens is 306 g/mol. The SMILES string of the molecule is CN(CCOc1ccc(Cl)cc1)CC(=O)NCC(=O)N(C)C. The quantitative estimate of drug-likeness (QED) is 0.769. The zero-order chi connectivity index (χ0) is 16.5. The van der Waals surface area contributed by atoms with Gasteiger partial charge in [0.1, 0.15) is 12.4 Å². The summed E-state index contributed by atoms with van der Waals surface area (Å²) in [6.07, 6.45) is 0. The maximum atomic E-state index is 11.7. The Morgan fingerprint density at radius 2 is 1.82 bits per heavy atom. The van der Waals surface area contributed by atoms with Gasteiger partial charge in [-0.25, -0.2) is 0 Å². The van der Waals surface area contributed by atoms with Crippen LogP contribution >= 0.6 is 11.6 Å². The van der Waals surface area contributed by atoms with Gasteiger partial charge in [-0.15, -0.1) is 0 Å². The predicted octanol–water partition coefficient (Wildman–Crippen LogP) is 0.855. The van der Waals surface area contributed by atoms with E-state index >= 15 is 0 Å². The number of nitrogens with one attached hydrogen (secondary N) is 1. The summed E-state index contributed by atoms with van der Waals surface area (Å²) in [5.41, 5.74) is 0. The maximum Gasteiger partial charge on any atom is 0.241 e. The molecule has 1 N–H and O–H groups in total. The van der Waals surface area contributed by atoms with Crippen molar-refractivity contribution < 1.29 is 14.3 Å². The second kappa shape index (κ2) is 9.27. The van der Waals surface area contributed by atoms with Crippen molar-refractivity contribution in [2.75, 3.05) is 47.4 Å². The van der Waals surface area contributed by atoms with Crippen molar-refractivity contribution in [1.29, 1.82) is 0 Å². The summed E-state index contributed by atoms with van der Waals surface area (Å²) in [4.78, 5) is 26.3. The van der Waals surface area contributed by atoms with Crippen LogP contribution in [0.25, 0.3) is 0 Å². The highest BCUT2D eigenvalue weighted by Crippen LogP contribution is 2.15. The second-order valence-corrected chi connectivity index (χ2v) is 5.54. The monoisotopic (exact) mass is 327 g/mol. The summed E-state index contributed by atoms with van der Waals surface area (Å²) in [5.74, 6) is 0.407. The molecule has 0 spiro atoms. The lowest BCUT2D eigenvalue weighted by Gasteiger charge is -2.17. The fourth-order valence-corrected chi connectivity index (χ4v) is 1.69. The Morgan fingerprint density at radius 1 is 1.18 bits per heavy atom. The van der Waals surface area contributed by atoms with Gasteiger partial charge in [0.25, 0.3) is 0 Å². The van der Waals surface area contributed by atoms with Gasteiger partial charge in [0, 0.05) is 25.7 Å². The molecule has 0 aliphatic rings. The van der Waals surface area contributed by atoms with Crippen molar-refractivity contribution in [2.45, 2.75) is 0 Å². The van der Waals surface area contributed by atoms with Crippen molar-refractivity contribution in [3.8, 4) is 5.75 Å². The van der Waals surface area contributed by atoms with E-state index in [1.54, 1.807) is 38.4 Å². The fraction of sp³-hybridized carbons (Fsp3) is 0.467. The molecule has 1 aromatic carbocycles. The number of carbonyl (C=O) groups is 2. The van der Waals surface area contributed by atoms with Crippen LogP contribution in [-0.2, 0) is 9.59 Å². The first-order valence-electron chi connectivity index (χ1n) is 6.92. The molecule has 0 aliphatic carbocycles. The molecule has 2 amide bonds. The Morgan fingerprint density at radius 3 is 2.41 bits per heavy atom. The molecule has 0 aromatic heterocycles. The molecule has 1 aromatic rings. The Labute approximate surface area is 136 Å². The molecular formula is C15H22ClN3O3.